The average Bonchev–Trinajstić information content (AvgIpc) is 3.26. The van der Waals surface area contributed by atoms with Crippen LogP contribution in [-0.2, 0) is 9.53 Å². The molecule has 5 nitrogen and oxygen atoms in total. The third kappa shape index (κ3) is 4.35. The van der Waals surface area contributed by atoms with Gasteiger partial charge in [-0.3, -0.25) is 9.59 Å². The zero-order valence-electron chi connectivity index (χ0n) is 14.1. The highest BCUT2D eigenvalue weighted by Gasteiger charge is 2.22. The van der Waals surface area contributed by atoms with Crippen LogP contribution >= 0.6 is 0 Å². The molecule has 1 N–H and O–H groups in total. The Morgan fingerprint density at radius 2 is 2.08 bits per heavy atom. The Morgan fingerprint density at radius 3 is 2.83 bits per heavy atom. The molecule has 1 saturated carbocycles. The van der Waals surface area contributed by atoms with Gasteiger partial charge in [0, 0.05) is 37.4 Å². The summed E-state index contributed by atoms with van der Waals surface area (Å²) in [7, 11) is 0. The van der Waals surface area contributed by atoms with Crippen molar-refractivity contribution in [2.24, 2.45) is 0 Å². The van der Waals surface area contributed by atoms with E-state index in [4.69, 9.17) is 4.74 Å². The van der Waals surface area contributed by atoms with Crippen LogP contribution in [0.2, 0.25) is 0 Å². The molecule has 0 bridgehead atoms. The number of anilines is 1. The number of benzene rings is 1. The summed E-state index contributed by atoms with van der Waals surface area (Å²) in [5.41, 5.74) is 1.42. The van der Waals surface area contributed by atoms with Gasteiger partial charge in [-0.1, -0.05) is 18.9 Å². The summed E-state index contributed by atoms with van der Waals surface area (Å²) in [6, 6.07) is 7.30. The van der Waals surface area contributed by atoms with Gasteiger partial charge in [0.05, 0.1) is 6.10 Å². The number of amides is 2. The van der Waals surface area contributed by atoms with E-state index in [-0.39, 0.29) is 11.8 Å². The summed E-state index contributed by atoms with van der Waals surface area (Å²) in [5.74, 6) is 0.0426. The monoisotopic (exact) mass is 330 g/mol. The highest BCUT2D eigenvalue weighted by molar-refractivity contribution is 5.99. The Labute approximate surface area is 143 Å². The lowest BCUT2D eigenvalue weighted by Crippen LogP contribution is -2.27. The third-order valence-corrected chi connectivity index (χ3v) is 4.76. The molecule has 1 aliphatic carbocycles. The molecule has 3 rings (SSSR count). The lowest BCUT2D eigenvalue weighted by atomic mass is 10.1. The van der Waals surface area contributed by atoms with Gasteiger partial charge < -0.3 is 15.0 Å². The average molecular weight is 330 g/mol. The molecule has 24 heavy (non-hydrogen) atoms. The van der Waals surface area contributed by atoms with Crippen LogP contribution in [0.15, 0.2) is 24.3 Å². The van der Waals surface area contributed by atoms with Crippen LogP contribution < -0.4 is 10.2 Å². The van der Waals surface area contributed by atoms with Crippen LogP contribution in [0.4, 0.5) is 5.69 Å². The molecule has 2 aliphatic rings. The van der Waals surface area contributed by atoms with E-state index in [1.54, 1.807) is 17.0 Å². The molecule has 2 fully saturated rings. The van der Waals surface area contributed by atoms with Crippen LogP contribution in [0.3, 0.4) is 0 Å². The zero-order valence-corrected chi connectivity index (χ0v) is 14.1. The molecule has 1 aromatic rings. The van der Waals surface area contributed by atoms with E-state index in [1.807, 2.05) is 12.1 Å². The van der Waals surface area contributed by atoms with Crippen molar-refractivity contribution in [1.82, 2.24) is 5.32 Å². The maximum Gasteiger partial charge on any atom is 0.251 e. The van der Waals surface area contributed by atoms with Crippen LogP contribution in [0.25, 0.3) is 0 Å². The van der Waals surface area contributed by atoms with Crippen LogP contribution in [0.5, 0.6) is 0 Å². The van der Waals surface area contributed by atoms with Crippen LogP contribution in [-0.4, -0.2) is 37.6 Å². The normalized spacial score (nSPS) is 18.3. The van der Waals surface area contributed by atoms with Crippen molar-refractivity contribution in [1.29, 1.82) is 0 Å². The molecule has 0 spiro atoms. The van der Waals surface area contributed by atoms with Gasteiger partial charge in [-0.05, 0) is 43.9 Å². The largest absolute Gasteiger partial charge is 0.378 e. The number of carbonyl (C=O) groups excluding carboxylic acids is 2. The van der Waals surface area contributed by atoms with E-state index in [9.17, 15) is 9.59 Å². The number of nitrogens with zero attached hydrogens (tertiary/aromatic N) is 1. The number of rotatable bonds is 7. The highest BCUT2D eigenvalue weighted by atomic mass is 16.5. The molecule has 5 heteroatoms. The van der Waals surface area contributed by atoms with Crippen molar-refractivity contribution in [3.8, 4) is 0 Å². The van der Waals surface area contributed by atoms with Gasteiger partial charge in [0.25, 0.3) is 5.91 Å². The zero-order chi connectivity index (χ0) is 16.8. The summed E-state index contributed by atoms with van der Waals surface area (Å²) in [4.78, 5) is 25.8. The molecule has 1 saturated heterocycles. The number of carbonyl (C=O) groups is 2. The molecule has 0 radical (unpaired) electrons. The molecular formula is C19H26N2O3. The minimum absolute atomic E-state index is 0.0932. The second kappa shape index (κ2) is 8.29. The van der Waals surface area contributed by atoms with Crippen molar-refractivity contribution in [3.05, 3.63) is 29.8 Å². The van der Waals surface area contributed by atoms with Crippen molar-refractivity contribution in [2.75, 3.05) is 24.6 Å². The van der Waals surface area contributed by atoms with Gasteiger partial charge in [0.15, 0.2) is 0 Å². The first-order valence-electron chi connectivity index (χ1n) is 9.04. The molecular weight excluding hydrogens is 304 g/mol. The fourth-order valence-electron chi connectivity index (χ4n) is 3.42. The third-order valence-electron chi connectivity index (χ3n) is 4.76. The number of ether oxygens (including phenoxy) is 1. The molecule has 0 unspecified atom stereocenters. The topological polar surface area (TPSA) is 58.6 Å². The van der Waals surface area contributed by atoms with Gasteiger partial charge in [-0.25, -0.2) is 0 Å². The minimum atomic E-state index is -0.0932. The lowest BCUT2D eigenvalue weighted by Gasteiger charge is -2.16. The van der Waals surface area contributed by atoms with Gasteiger partial charge in [0.1, 0.15) is 0 Å². The molecule has 0 atom stereocenters. The highest BCUT2D eigenvalue weighted by Crippen LogP contribution is 2.22. The first kappa shape index (κ1) is 17.0. The quantitative estimate of drug-likeness (QED) is 0.782. The van der Waals surface area contributed by atoms with Crippen molar-refractivity contribution >= 4 is 17.5 Å². The van der Waals surface area contributed by atoms with E-state index in [0.717, 1.165) is 25.1 Å². The Balaban J connectivity index is 1.43. The second-order valence-electron chi connectivity index (χ2n) is 6.59. The standard InChI is InChI=1S/C19H26N2O3/c22-18-10-4-12-21(18)16-7-3-6-15(14-16)19(23)20-11-5-13-24-17-8-1-2-9-17/h3,6-7,14,17H,1-2,4-5,8-13H2,(H,20,23). The molecule has 0 aromatic heterocycles. The molecule has 1 aromatic carbocycles. The predicted molar refractivity (Wildman–Crippen MR) is 93.2 cm³/mol. The van der Waals surface area contributed by atoms with Gasteiger partial charge >= 0.3 is 0 Å². The number of hydrogen-bond donors (Lipinski definition) is 1. The fourth-order valence-corrected chi connectivity index (χ4v) is 3.42. The second-order valence-corrected chi connectivity index (χ2v) is 6.59. The summed E-state index contributed by atoms with van der Waals surface area (Å²) in [6.45, 7) is 2.05. The van der Waals surface area contributed by atoms with Gasteiger partial charge in [-0.2, -0.15) is 0 Å². The first-order valence-corrected chi connectivity index (χ1v) is 9.04. The lowest BCUT2D eigenvalue weighted by molar-refractivity contribution is -0.117. The Kier molecular flexibility index (Phi) is 5.86. The fraction of sp³-hybridized carbons (Fsp3) is 0.579. The van der Waals surface area contributed by atoms with Crippen LogP contribution in [0.1, 0.15) is 55.3 Å². The van der Waals surface area contributed by atoms with Crippen molar-refractivity contribution in [3.63, 3.8) is 0 Å². The summed E-state index contributed by atoms with van der Waals surface area (Å²) in [6.07, 6.45) is 7.63. The Morgan fingerprint density at radius 1 is 1.25 bits per heavy atom. The minimum Gasteiger partial charge on any atom is -0.378 e. The van der Waals surface area contributed by atoms with E-state index >= 15 is 0 Å². The molecule has 130 valence electrons. The smallest absolute Gasteiger partial charge is 0.251 e. The summed E-state index contributed by atoms with van der Waals surface area (Å²) in [5, 5.41) is 2.93. The van der Waals surface area contributed by atoms with E-state index in [1.165, 1.54) is 25.7 Å². The summed E-state index contributed by atoms with van der Waals surface area (Å²) < 4.78 is 5.79. The SMILES string of the molecule is O=C(NCCCOC1CCCC1)c1cccc(N2CCCC2=O)c1. The van der Waals surface area contributed by atoms with E-state index in [2.05, 4.69) is 5.32 Å². The maximum absolute atomic E-state index is 12.3. The first-order chi connectivity index (χ1) is 11.7. The molecule has 1 heterocycles. The van der Waals surface area contributed by atoms with Gasteiger partial charge in [0.2, 0.25) is 5.91 Å². The molecule has 1 aliphatic heterocycles. The number of nitrogens with one attached hydrogen (secondary N) is 1. The van der Waals surface area contributed by atoms with E-state index < -0.39 is 0 Å². The Bertz CT molecular complexity index is 582. The molecule has 2 amide bonds. The van der Waals surface area contributed by atoms with Crippen molar-refractivity contribution in [2.45, 2.75) is 51.0 Å². The van der Waals surface area contributed by atoms with Gasteiger partial charge in [-0.15, -0.1) is 0 Å². The van der Waals surface area contributed by atoms with Crippen LogP contribution in [0, 0.1) is 0 Å². The number of hydrogen-bond acceptors (Lipinski definition) is 3. The maximum atomic E-state index is 12.3. The predicted octanol–water partition coefficient (Wildman–Crippen LogP) is 2.89. The van der Waals surface area contributed by atoms with Crippen molar-refractivity contribution < 1.29 is 14.3 Å². The summed E-state index contributed by atoms with van der Waals surface area (Å²) >= 11 is 0. The van der Waals surface area contributed by atoms with E-state index in [0.29, 0.717) is 31.2 Å². The Hall–Kier alpha value is -1.88.